The van der Waals surface area contributed by atoms with Crippen LogP contribution in [0.25, 0.3) is 0 Å². The van der Waals surface area contributed by atoms with Crippen molar-refractivity contribution in [2.75, 3.05) is 20.3 Å². The molecule has 1 N–H and O–H groups in total. The number of hydrogen-bond acceptors (Lipinski definition) is 4. The number of nitrogens with zero attached hydrogens (tertiary/aromatic N) is 1. The molecule has 1 aliphatic rings. The lowest BCUT2D eigenvalue weighted by atomic mass is 10.1. The minimum atomic E-state index is -0.837. The number of carboxylic acids is 1. The topological polar surface area (TPSA) is 59.0 Å². The largest absolute Gasteiger partial charge is 0.486 e. The average molecular weight is 330 g/mol. The molecule has 1 aliphatic heterocycles. The molecule has 19 heavy (non-hydrogen) atoms. The number of carboxylic acid groups (broad SMARTS) is 1. The zero-order valence-electron chi connectivity index (χ0n) is 10.9. The summed E-state index contributed by atoms with van der Waals surface area (Å²) in [4.78, 5) is 12.7. The van der Waals surface area contributed by atoms with Gasteiger partial charge in [-0.25, -0.2) is 0 Å². The van der Waals surface area contributed by atoms with E-state index in [-0.39, 0.29) is 0 Å². The molecule has 0 aromatic heterocycles. The molecule has 0 unspecified atom stereocenters. The third-order valence-corrected chi connectivity index (χ3v) is 3.89. The minimum Gasteiger partial charge on any atom is -0.486 e. The van der Waals surface area contributed by atoms with Crippen molar-refractivity contribution in [3.8, 4) is 11.5 Å². The van der Waals surface area contributed by atoms with Crippen molar-refractivity contribution in [2.45, 2.75) is 19.5 Å². The zero-order chi connectivity index (χ0) is 14.0. The van der Waals surface area contributed by atoms with Crippen LogP contribution in [0.1, 0.15) is 12.5 Å². The number of benzene rings is 1. The Kier molecular flexibility index (Phi) is 4.31. The van der Waals surface area contributed by atoms with Crippen LogP contribution in [0.5, 0.6) is 11.5 Å². The van der Waals surface area contributed by atoms with Gasteiger partial charge in [-0.3, -0.25) is 9.69 Å². The predicted octanol–water partition coefficient (Wildman–Crippen LogP) is 2.13. The fourth-order valence-corrected chi connectivity index (χ4v) is 2.27. The quantitative estimate of drug-likeness (QED) is 0.916. The number of fused-ring (bicyclic) bond motifs is 1. The van der Waals surface area contributed by atoms with Crippen molar-refractivity contribution in [1.82, 2.24) is 4.90 Å². The van der Waals surface area contributed by atoms with E-state index in [9.17, 15) is 4.79 Å². The highest BCUT2D eigenvalue weighted by Crippen LogP contribution is 2.36. The van der Waals surface area contributed by atoms with E-state index in [1.54, 1.807) is 18.9 Å². The van der Waals surface area contributed by atoms with Crippen LogP contribution < -0.4 is 9.47 Å². The molecule has 0 radical (unpaired) electrons. The number of carbonyl (C=O) groups is 1. The van der Waals surface area contributed by atoms with Crippen LogP contribution >= 0.6 is 15.9 Å². The first-order valence-corrected chi connectivity index (χ1v) is 6.79. The maximum Gasteiger partial charge on any atom is 0.320 e. The van der Waals surface area contributed by atoms with E-state index >= 15 is 0 Å². The first-order valence-electron chi connectivity index (χ1n) is 6.00. The lowest BCUT2D eigenvalue weighted by Gasteiger charge is -2.24. The van der Waals surface area contributed by atoms with Crippen LogP contribution in [0.4, 0.5) is 0 Å². The zero-order valence-corrected chi connectivity index (χ0v) is 12.4. The van der Waals surface area contributed by atoms with Gasteiger partial charge in [0.2, 0.25) is 0 Å². The molecule has 0 saturated carbocycles. The Labute approximate surface area is 120 Å². The van der Waals surface area contributed by atoms with Crippen LogP contribution in [0.3, 0.4) is 0 Å². The monoisotopic (exact) mass is 329 g/mol. The molecule has 1 heterocycles. The Morgan fingerprint density at radius 1 is 1.42 bits per heavy atom. The third kappa shape index (κ3) is 3.19. The van der Waals surface area contributed by atoms with Gasteiger partial charge in [-0.15, -0.1) is 0 Å². The summed E-state index contributed by atoms with van der Waals surface area (Å²) in [5.41, 5.74) is 0.972. The highest BCUT2D eigenvalue weighted by Gasteiger charge is 2.20. The molecule has 6 heteroatoms. The van der Waals surface area contributed by atoms with Crippen LogP contribution in [0.15, 0.2) is 16.6 Å². The van der Waals surface area contributed by atoms with Crippen molar-refractivity contribution >= 4 is 21.9 Å². The van der Waals surface area contributed by atoms with Crippen molar-refractivity contribution < 1.29 is 19.4 Å². The Balaban J connectivity index is 2.18. The third-order valence-electron chi connectivity index (χ3n) is 3.15. The van der Waals surface area contributed by atoms with Crippen molar-refractivity contribution in [1.29, 1.82) is 0 Å². The highest BCUT2D eigenvalue weighted by molar-refractivity contribution is 9.10. The minimum absolute atomic E-state index is 0.519. The molecule has 0 bridgehead atoms. The van der Waals surface area contributed by atoms with Crippen molar-refractivity contribution in [2.24, 2.45) is 0 Å². The number of aliphatic carboxylic acids is 1. The van der Waals surface area contributed by atoms with E-state index in [0.29, 0.717) is 25.5 Å². The van der Waals surface area contributed by atoms with Crippen molar-refractivity contribution in [3.05, 3.63) is 22.2 Å². The second-order valence-corrected chi connectivity index (χ2v) is 5.37. The van der Waals surface area contributed by atoms with Crippen LogP contribution in [0, 0.1) is 0 Å². The smallest absolute Gasteiger partial charge is 0.320 e. The summed E-state index contributed by atoms with van der Waals surface area (Å²) < 4.78 is 11.9. The Hall–Kier alpha value is -1.27. The fraction of sp³-hybridized carbons (Fsp3) is 0.462. The molecule has 0 saturated heterocycles. The molecule has 0 fully saturated rings. The number of hydrogen-bond donors (Lipinski definition) is 1. The molecule has 1 atom stereocenters. The summed E-state index contributed by atoms with van der Waals surface area (Å²) in [7, 11) is 1.78. The molecule has 0 spiro atoms. The summed E-state index contributed by atoms with van der Waals surface area (Å²) in [6.45, 7) is 3.27. The highest BCUT2D eigenvalue weighted by atomic mass is 79.9. The molecule has 0 amide bonds. The molecular formula is C13H16BrNO4. The van der Waals surface area contributed by atoms with Gasteiger partial charge in [0.15, 0.2) is 11.5 Å². The molecule has 1 aromatic rings. The first-order chi connectivity index (χ1) is 8.99. The summed E-state index contributed by atoms with van der Waals surface area (Å²) in [6, 6.07) is 3.22. The lowest BCUT2D eigenvalue weighted by molar-refractivity contribution is -0.142. The second kappa shape index (κ2) is 5.79. The summed E-state index contributed by atoms with van der Waals surface area (Å²) in [6.07, 6.45) is 0. The molecule has 104 valence electrons. The Morgan fingerprint density at radius 3 is 2.58 bits per heavy atom. The van der Waals surface area contributed by atoms with Gasteiger partial charge in [0.25, 0.3) is 0 Å². The van der Waals surface area contributed by atoms with E-state index < -0.39 is 12.0 Å². The maximum absolute atomic E-state index is 11.0. The molecule has 2 rings (SSSR count). The lowest BCUT2D eigenvalue weighted by Crippen LogP contribution is -2.35. The van der Waals surface area contributed by atoms with Gasteiger partial charge in [-0.2, -0.15) is 0 Å². The molecule has 0 aliphatic carbocycles. The Bertz CT molecular complexity index is 492. The fourth-order valence-electron chi connectivity index (χ4n) is 1.82. The second-order valence-electron chi connectivity index (χ2n) is 4.52. The number of halogens is 1. The van der Waals surface area contributed by atoms with Gasteiger partial charge in [0, 0.05) is 11.0 Å². The standard InChI is InChI=1S/C13H16BrNO4/c1-8(13(16)17)15(2)7-9-5-11-12(6-10(9)14)19-4-3-18-11/h5-6,8H,3-4,7H2,1-2H3,(H,16,17)/t8-/m0/s1. The summed E-state index contributed by atoms with van der Waals surface area (Å²) in [5.74, 6) is 0.591. The predicted molar refractivity (Wildman–Crippen MR) is 73.7 cm³/mol. The van der Waals surface area contributed by atoms with Crippen LogP contribution in [-0.4, -0.2) is 42.3 Å². The molecule has 1 aromatic carbocycles. The van der Waals surface area contributed by atoms with E-state index in [2.05, 4.69) is 15.9 Å². The van der Waals surface area contributed by atoms with Crippen LogP contribution in [-0.2, 0) is 11.3 Å². The van der Waals surface area contributed by atoms with Gasteiger partial charge in [-0.1, -0.05) is 15.9 Å². The molecular weight excluding hydrogens is 314 g/mol. The van der Waals surface area contributed by atoms with Gasteiger partial charge in [-0.05, 0) is 31.7 Å². The van der Waals surface area contributed by atoms with E-state index in [1.807, 2.05) is 12.1 Å². The van der Waals surface area contributed by atoms with Crippen molar-refractivity contribution in [3.63, 3.8) is 0 Å². The van der Waals surface area contributed by atoms with Gasteiger partial charge in [0.05, 0.1) is 0 Å². The summed E-state index contributed by atoms with van der Waals surface area (Å²) in [5, 5.41) is 8.99. The van der Waals surface area contributed by atoms with Crippen LogP contribution in [0.2, 0.25) is 0 Å². The van der Waals surface area contributed by atoms with E-state index in [1.165, 1.54) is 0 Å². The van der Waals surface area contributed by atoms with Gasteiger partial charge in [0.1, 0.15) is 19.3 Å². The number of rotatable bonds is 4. The van der Waals surface area contributed by atoms with Gasteiger partial charge < -0.3 is 14.6 Å². The Morgan fingerprint density at radius 2 is 2.00 bits per heavy atom. The number of ether oxygens (including phenoxy) is 2. The summed E-state index contributed by atoms with van der Waals surface area (Å²) >= 11 is 3.48. The normalized spacial score (nSPS) is 15.4. The average Bonchev–Trinajstić information content (AvgIpc) is 2.38. The van der Waals surface area contributed by atoms with E-state index in [4.69, 9.17) is 14.6 Å². The maximum atomic E-state index is 11.0. The SMILES string of the molecule is C[C@@H](C(=O)O)N(C)Cc1cc2c(cc1Br)OCCO2. The van der Waals surface area contributed by atoms with Gasteiger partial charge >= 0.3 is 5.97 Å². The molecule has 5 nitrogen and oxygen atoms in total. The first kappa shape index (κ1) is 14.1. The number of likely N-dealkylation sites (N-methyl/N-ethyl adjacent to an activating group) is 1. The van der Waals surface area contributed by atoms with E-state index in [0.717, 1.165) is 15.8 Å².